The number of halogens is 1. The highest BCUT2D eigenvalue weighted by Crippen LogP contribution is 2.37. The number of likely N-dealkylation sites (tertiary alicyclic amines) is 1. The highest BCUT2D eigenvalue weighted by molar-refractivity contribution is 9.10. The number of carbonyl (C=O) groups excluding carboxylic acids is 1. The molecule has 0 saturated carbocycles. The van der Waals surface area contributed by atoms with Crippen molar-refractivity contribution < 1.29 is 9.53 Å². The van der Waals surface area contributed by atoms with Gasteiger partial charge in [-0.05, 0) is 36.7 Å². The Morgan fingerprint density at radius 3 is 2.62 bits per heavy atom. The van der Waals surface area contributed by atoms with E-state index < -0.39 is 5.60 Å². The van der Waals surface area contributed by atoms with E-state index in [9.17, 15) is 4.79 Å². The molecule has 0 bridgehead atoms. The average Bonchev–Trinajstić information content (AvgIpc) is 2.60. The summed E-state index contributed by atoms with van der Waals surface area (Å²) in [5.41, 5.74) is -0.0437. The Morgan fingerprint density at radius 1 is 1.52 bits per heavy atom. The Bertz CT molecular complexity index is 593. The second-order valence-electron chi connectivity index (χ2n) is 5.83. The second-order valence-corrected chi connectivity index (χ2v) is 6.58. The Labute approximate surface area is 132 Å². The van der Waals surface area contributed by atoms with Crippen LogP contribution in [0.5, 0.6) is 0 Å². The van der Waals surface area contributed by atoms with Crippen molar-refractivity contribution in [1.82, 2.24) is 14.7 Å². The van der Waals surface area contributed by atoms with Crippen LogP contribution < -0.4 is 5.32 Å². The molecule has 0 spiro atoms. The van der Waals surface area contributed by atoms with Crippen LogP contribution in [-0.2, 0) is 4.74 Å². The van der Waals surface area contributed by atoms with Gasteiger partial charge in [-0.25, -0.2) is 9.64 Å². The monoisotopic (exact) mass is 355 g/mol. The molecule has 8 heteroatoms. The third-order valence-corrected chi connectivity index (χ3v) is 3.59. The van der Waals surface area contributed by atoms with Crippen molar-refractivity contribution in [2.45, 2.75) is 32.4 Å². The van der Waals surface area contributed by atoms with Gasteiger partial charge in [0.15, 0.2) is 0 Å². The number of rotatable bonds is 2. The summed E-state index contributed by atoms with van der Waals surface area (Å²) in [5, 5.41) is 7.31. The third-order valence-electron chi connectivity index (χ3n) is 3.05. The van der Waals surface area contributed by atoms with Crippen LogP contribution in [0.15, 0.2) is 4.60 Å². The molecule has 1 N–H and O–H groups in total. The zero-order chi connectivity index (χ0) is 15.8. The molecule has 2 heterocycles. The van der Waals surface area contributed by atoms with Gasteiger partial charge in [-0.3, -0.25) is 4.68 Å². The standard InChI is InChI=1S/C13H18BrN5O2/c1-13(2,3)21-12(20)18-6-8(7-18)19-11(16-5)9(15-4)10(14)17-19/h8,16H,6-7H2,1-3,5H3. The summed E-state index contributed by atoms with van der Waals surface area (Å²) in [7, 11) is 1.75. The van der Waals surface area contributed by atoms with Crippen LogP contribution in [0.25, 0.3) is 4.85 Å². The minimum atomic E-state index is -0.496. The molecule has 114 valence electrons. The van der Waals surface area contributed by atoms with Gasteiger partial charge >= 0.3 is 6.09 Å². The van der Waals surface area contributed by atoms with E-state index in [1.165, 1.54) is 0 Å². The molecule has 1 amide bonds. The molecule has 0 atom stereocenters. The lowest BCUT2D eigenvalue weighted by molar-refractivity contribution is -0.000153. The van der Waals surface area contributed by atoms with Gasteiger partial charge in [0.2, 0.25) is 0 Å². The van der Waals surface area contributed by atoms with E-state index in [2.05, 4.69) is 31.2 Å². The van der Waals surface area contributed by atoms with Crippen LogP contribution in [0.4, 0.5) is 16.3 Å². The first-order valence-corrected chi connectivity index (χ1v) is 7.37. The number of nitrogens with one attached hydrogen (secondary N) is 1. The van der Waals surface area contributed by atoms with E-state index in [1.807, 2.05) is 20.8 Å². The fourth-order valence-corrected chi connectivity index (χ4v) is 2.53. The maximum absolute atomic E-state index is 11.9. The minimum Gasteiger partial charge on any atom is -0.444 e. The van der Waals surface area contributed by atoms with E-state index in [4.69, 9.17) is 11.3 Å². The van der Waals surface area contributed by atoms with Gasteiger partial charge in [0.05, 0.1) is 12.6 Å². The highest BCUT2D eigenvalue weighted by atomic mass is 79.9. The first-order chi connectivity index (χ1) is 9.76. The Balaban J connectivity index is 2.06. The summed E-state index contributed by atoms with van der Waals surface area (Å²) in [5.74, 6) is 0.658. The number of anilines is 1. The lowest BCUT2D eigenvalue weighted by Gasteiger charge is -2.40. The van der Waals surface area contributed by atoms with Crippen molar-refractivity contribution in [3.63, 3.8) is 0 Å². The number of ether oxygens (including phenoxy) is 1. The Hall–Kier alpha value is -1.75. The maximum atomic E-state index is 11.9. The van der Waals surface area contributed by atoms with Crippen LogP contribution in [0.3, 0.4) is 0 Å². The van der Waals surface area contributed by atoms with Gasteiger partial charge < -0.3 is 15.0 Å². The number of amides is 1. The smallest absolute Gasteiger partial charge is 0.410 e. The molecule has 21 heavy (non-hydrogen) atoms. The molecular formula is C13H18BrN5O2. The third kappa shape index (κ3) is 3.13. The van der Waals surface area contributed by atoms with E-state index in [0.717, 1.165) is 0 Å². The van der Waals surface area contributed by atoms with Crippen molar-refractivity contribution in [2.75, 3.05) is 25.5 Å². The van der Waals surface area contributed by atoms with Crippen LogP contribution in [0, 0.1) is 6.57 Å². The molecule has 7 nitrogen and oxygen atoms in total. The van der Waals surface area contributed by atoms with E-state index >= 15 is 0 Å². The van der Waals surface area contributed by atoms with Gasteiger partial charge in [0.1, 0.15) is 16.0 Å². The fraction of sp³-hybridized carbons (Fsp3) is 0.615. The van der Waals surface area contributed by atoms with Crippen molar-refractivity contribution >= 4 is 33.5 Å². The highest BCUT2D eigenvalue weighted by Gasteiger charge is 2.37. The zero-order valence-electron chi connectivity index (χ0n) is 12.5. The van der Waals surface area contributed by atoms with E-state index in [0.29, 0.717) is 29.2 Å². The molecule has 0 radical (unpaired) electrons. The fourth-order valence-electron chi connectivity index (χ4n) is 2.08. The normalized spacial score (nSPS) is 15.3. The number of hydrogen-bond donors (Lipinski definition) is 1. The number of hydrogen-bond acceptors (Lipinski definition) is 4. The van der Waals surface area contributed by atoms with E-state index in [1.54, 1.807) is 16.6 Å². The molecule has 1 aliphatic rings. The lowest BCUT2D eigenvalue weighted by Crippen LogP contribution is -2.52. The predicted molar refractivity (Wildman–Crippen MR) is 82.6 cm³/mol. The topological polar surface area (TPSA) is 63.8 Å². The van der Waals surface area contributed by atoms with Gasteiger partial charge in [0, 0.05) is 20.1 Å². The summed E-state index contributed by atoms with van der Waals surface area (Å²) >= 11 is 3.28. The minimum absolute atomic E-state index is 0.0479. The van der Waals surface area contributed by atoms with Crippen molar-refractivity contribution in [3.05, 3.63) is 16.0 Å². The SMILES string of the molecule is [C-]#[N+]c1c(Br)nn(C2CN(C(=O)OC(C)(C)C)C2)c1NC. The molecule has 1 saturated heterocycles. The number of carbonyl (C=O) groups is 1. The molecule has 0 aliphatic carbocycles. The van der Waals surface area contributed by atoms with Gasteiger partial charge in [-0.1, -0.05) is 0 Å². The lowest BCUT2D eigenvalue weighted by atomic mass is 10.1. The first kappa shape index (κ1) is 15.6. The van der Waals surface area contributed by atoms with Gasteiger partial charge in [0.25, 0.3) is 5.69 Å². The van der Waals surface area contributed by atoms with Gasteiger partial charge in [-0.15, -0.1) is 0 Å². The molecular weight excluding hydrogens is 338 g/mol. The Kier molecular flexibility index (Phi) is 4.14. The predicted octanol–water partition coefficient (Wildman–Crippen LogP) is 3.03. The van der Waals surface area contributed by atoms with Crippen molar-refractivity contribution in [3.8, 4) is 0 Å². The molecule has 1 aromatic heterocycles. The summed E-state index contributed by atoms with van der Waals surface area (Å²) in [6.07, 6.45) is -0.318. The summed E-state index contributed by atoms with van der Waals surface area (Å²) in [6.45, 7) is 13.8. The summed E-state index contributed by atoms with van der Waals surface area (Å²) < 4.78 is 7.58. The second kappa shape index (κ2) is 5.56. The summed E-state index contributed by atoms with van der Waals surface area (Å²) in [4.78, 5) is 17.0. The van der Waals surface area contributed by atoms with E-state index in [-0.39, 0.29) is 12.1 Å². The first-order valence-electron chi connectivity index (χ1n) is 6.58. The average molecular weight is 356 g/mol. The number of aromatic nitrogens is 2. The van der Waals surface area contributed by atoms with Crippen LogP contribution in [0.2, 0.25) is 0 Å². The van der Waals surface area contributed by atoms with Gasteiger partial charge in [-0.2, -0.15) is 5.10 Å². The summed E-state index contributed by atoms with van der Waals surface area (Å²) in [6, 6.07) is 0.0479. The molecule has 0 unspecified atom stereocenters. The molecule has 1 aromatic rings. The maximum Gasteiger partial charge on any atom is 0.410 e. The Morgan fingerprint density at radius 2 is 2.14 bits per heavy atom. The van der Waals surface area contributed by atoms with Crippen LogP contribution >= 0.6 is 15.9 Å². The van der Waals surface area contributed by atoms with Crippen LogP contribution in [-0.4, -0.2) is 46.5 Å². The number of nitrogens with zero attached hydrogens (tertiary/aromatic N) is 4. The quantitative estimate of drug-likeness (QED) is 0.828. The molecule has 1 aliphatic heterocycles. The molecule has 0 aromatic carbocycles. The zero-order valence-corrected chi connectivity index (χ0v) is 14.1. The largest absolute Gasteiger partial charge is 0.444 e. The molecule has 1 fully saturated rings. The van der Waals surface area contributed by atoms with Crippen molar-refractivity contribution in [1.29, 1.82) is 0 Å². The van der Waals surface area contributed by atoms with Crippen LogP contribution in [0.1, 0.15) is 26.8 Å². The van der Waals surface area contributed by atoms with Crippen molar-refractivity contribution in [2.24, 2.45) is 0 Å². The molecule has 2 rings (SSSR count).